The Bertz CT molecular complexity index is 1570. The van der Waals surface area contributed by atoms with Gasteiger partial charge in [-0.2, -0.15) is 0 Å². The zero-order valence-corrected chi connectivity index (χ0v) is 27.9. The maximum absolute atomic E-state index is 14.5. The number of fused-ring (bicyclic) bond motifs is 7. The molecule has 8 nitrogen and oxygen atoms in total. The van der Waals surface area contributed by atoms with Crippen LogP contribution in [0.5, 0.6) is 0 Å². The number of benzene rings is 1. The second-order valence-electron chi connectivity index (χ2n) is 16.9. The third-order valence-corrected chi connectivity index (χ3v) is 14.2. The molecule has 0 radical (unpaired) electrons. The lowest BCUT2D eigenvalue weighted by Gasteiger charge is -2.70. The number of nitrogens with two attached hydrogens (primary N) is 1. The van der Waals surface area contributed by atoms with Gasteiger partial charge in [-0.15, -0.1) is 0 Å². The SMILES string of the molecule is CC1(C)[C@@H](OC(=O)c2cc(F)ccc2C(=O)O)CC[C@]2(C)[C@H]3C(=O)C=C4[C@@H]5C[C@@](C)(C(=O)O)CC[C@]5(C)CC[C@@]4(N)[C@]3(C)CC[C@@H]12. The molecule has 6 rings (SSSR count). The fourth-order valence-corrected chi connectivity index (χ4v) is 11.4. The smallest absolute Gasteiger partial charge is 0.339 e. The molecule has 0 saturated heterocycles. The van der Waals surface area contributed by atoms with Crippen LogP contribution in [0.25, 0.3) is 0 Å². The average Bonchev–Trinajstić information content (AvgIpc) is 2.96. The Hall–Kier alpha value is -3.07. The summed E-state index contributed by atoms with van der Waals surface area (Å²) in [6.07, 6.45) is 7.32. The Balaban J connectivity index is 1.33. The second-order valence-corrected chi connectivity index (χ2v) is 16.9. The van der Waals surface area contributed by atoms with Gasteiger partial charge in [0.1, 0.15) is 11.9 Å². The predicted octanol–water partition coefficient (Wildman–Crippen LogP) is 6.81. The number of aliphatic carboxylic acids is 1. The first-order valence-electron chi connectivity index (χ1n) is 16.8. The van der Waals surface area contributed by atoms with E-state index >= 15 is 0 Å². The molecule has 250 valence electrons. The van der Waals surface area contributed by atoms with Crippen LogP contribution in [-0.4, -0.2) is 45.5 Å². The van der Waals surface area contributed by atoms with Gasteiger partial charge in [0.2, 0.25) is 0 Å². The number of aromatic carboxylic acids is 1. The first-order chi connectivity index (χ1) is 21.2. The monoisotopic (exact) mass is 637 g/mol. The van der Waals surface area contributed by atoms with E-state index in [4.69, 9.17) is 10.5 Å². The summed E-state index contributed by atoms with van der Waals surface area (Å²) >= 11 is 0. The highest BCUT2D eigenvalue weighted by Gasteiger charge is 2.71. The van der Waals surface area contributed by atoms with Gasteiger partial charge in [-0.3, -0.25) is 9.59 Å². The van der Waals surface area contributed by atoms with Crippen LogP contribution >= 0.6 is 0 Å². The van der Waals surface area contributed by atoms with E-state index in [1.54, 1.807) is 0 Å². The van der Waals surface area contributed by atoms with E-state index in [2.05, 4.69) is 20.8 Å². The number of allylic oxidation sites excluding steroid dienone is 1. The quantitative estimate of drug-likeness (QED) is 0.306. The standard InChI is InChI=1S/C37H48FNO7/c1-32(2)26-9-12-36(6)28(35(26,5)11-10-27(32)46-30(43)22-17-20(38)7-8-21(22)29(41)42)25(40)18-23-24-19-34(4,31(44)45)14-13-33(24,3)15-16-37(23,36)39/h7-8,17-18,24,26-28H,9-16,19,39H2,1-6H3,(H,41,42)(H,44,45)/t24-,26-,27-,28+,33+,34-,35-,36+,37-/m0/s1. The molecule has 0 aliphatic heterocycles. The number of hydrogen-bond acceptors (Lipinski definition) is 6. The molecular formula is C37H48FNO7. The largest absolute Gasteiger partial charge is 0.481 e. The number of carbonyl (C=O) groups excluding carboxylic acids is 2. The molecule has 4 saturated carbocycles. The van der Waals surface area contributed by atoms with Crippen LogP contribution in [0.3, 0.4) is 0 Å². The van der Waals surface area contributed by atoms with E-state index in [0.29, 0.717) is 32.1 Å². The summed E-state index contributed by atoms with van der Waals surface area (Å²) in [7, 11) is 0. The summed E-state index contributed by atoms with van der Waals surface area (Å²) in [4.78, 5) is 52.0. The number of esters is 1. The minimum absolute atomic E-state index is 0.00239. The molecule has 0 bridgehead atoms. The van der Waals surface area contributed by atoms with E-state index in [1.165, 1.54) is 0 Å². The van der Waals surface area contributed by atoms with E-state index in [-0.39, 0.29) is 40.1 Å². The van der Waals surface area contributed by atoms with Crippen molar-refractivity contribution in [1.29, 1.82) is 0 Å². The highest BCUT2D eigenvalue weighted by Crippen LogP contribution is 2.72. The average molecular weight is 638 g/mol. The predicted molar refractivity (Wildman–Crippen MR) is 168 cm³/mol. The van der Waals surface area contributed by atoms with Gasteiger partial charge < -0.3 is 20.7 Å². The topological polar surface area (TPSA) is 144 Å². The van der Waals surface area contributed by atoms with Crippen LogP contribution in [-0.2, 0) is 14.3 Å². The third kappa shape index (κ3) is 4.39. The van der Waals surface area contributed by atoms with Crippen molar-refractivity contribution in [2.24, 2.45) is 50.6 Å². The molecule has 0 heterocycles. The van der Waals surface area contributed by atoms with Crippen molar-refractivity contribution in [1.82, 2.24) is 0 Å². The molecule has 46 heavy (non-hydrogen) atoms. The third-order valence-electron chi connectivity index (χ3n) is 14.2. The van der Waals surface area contributed by atoms with Gasteiger partial charge >= 0.3 is 17.9 Å². The maximum Gasteiger partial charge on any atom is 0.339 e. The zero-order valence-electron chi connectivity index (χ0n) is 27.9. The fourth-order valence-electron chi connectivity index (χ4n) is 11.4. The van der Waals surface area contributed by atoms with Crippen LogP contribution < -0.4 is 5.73 Å². The van der Waals surface area contributed by atoms with Gasteiger partial charge in [-0.05, 0) is 123 Å². The van der Waals surface area contributed by atoms with Crippen molar-refractivity contribution >= 4 is 23.7 Å². The van der Waals surface area contributed by atoms with Crippen molar-refractivity contribution < 1.29 is 38.5 Å². The summed E-state index contributed by atoms with van der Waals surface area (Å²) < 4.78 is 20.1. The van der Waals surface area contributed by atoms with Crippen LogP contribution in [0.15, 0.2) is 29.8 Å². The van der Waals surface area contributed by atoms with Crippen molar-refractivity contribution in [2.45, 2.75) is 111 Å². The van der Waals surface area contributed by atoms with Crippen molar-refractivity contribution in [3.63, 3.8) is 0 Å². The van der Waals surface area contributed by atoms with Gasteiger partial charge in [0.25, 0.3) is 0 Å². The molecular weight excluding hydrogens is 589 g/mol. The summed E-state index contributed by atoms with van der Waals surface area (Å²) in [5.74, 6) is -4.08. The molecule has 5 aliphatic carbocycles. The number of hydrogen-bond donors (Lipinski definition) is 3. The van der Waals surface area contributed by atoms with Gasteiger partial charge in [0.15, 0.2) is 5.78 Å². The minimum atomic E-state index is -1.34. The van der Waals surface area contributed by atoms with Crippen molar-refractivity contribution in [3.05, 3.63) is 46.8 Å². The Morgan fingerprint density at radius 2 is 1.59 bits per heavy atom. The number of carboxylic acids is 2. The minimum Gasteiger partial charge on any atom is -0.481 e. The summed E-state index contributed by atoms with van der Waals surface area (Å²) in [5, 5.41) is 19.7. The molecule has 1 aromatic rings. The molecule has 9 heteroatoms. The van der Waals surface area contributed by atoms with E-state index in [9.17, 15) is 33.8 Å². The molecule has 0 unspecified atom stereocenters. The first-order valence-corrected chi connectivity index (χ1v) is 16.8. The van der Waals surface area contributed by atoms with Crippen molar-refractivity contribution in [2.75, 3.05) is 0 Å². The second kappa shape index (κ2) is 10.2. The number of ether oxygens (including phenoxy) is 1. The lowest BCUT2D eigenvalue weighted by atomic mass is 9.35. The number of halogens is 1. The van der Waals surface area contributed by atoms with Crippen LogP contribution in [0.4, 0.5) is 4.39 Å². The number of rotatable bonds is 4. The Labute approximate surface area is 270 Å². The Kier molecular flexibility index (Phi) is 7.29. The zero-order chi connectivity index (χ0) is 33.8. The van der Waals surface area contributed by atoms with E-state index < -0.39 is 57.0 Å². The molecule has 0 amide bonds. The van der Waals surface area contributed by atoms with Crippen LogP contribution in [0.1, 0.15) is 120 Å². The van der Waals surface area contributed by atoms with Gasteiger partial charge in [-0.25, -0.2) is 14.0 Å². The highest BCUT2D eigenvalue weighted by molar-refractivity contribution is 6.02. The molecule has 4 N–H and O–H groups in total. The van der Waals surface area contributed by atoms with E-state index in [1.807, 2.05) is 26.8 Å². The van der Waals surface area contributed by atoms with Crippen molar-refractivity contribution in [3.8, 4) is 0 Å². The molecule has 4 fully saturated rings. The number of carbonyl (C=O) groups is 4. The van der Waals surface area contributed by atoms with E-state index in [0.717, 1.165) is 49.5 Å². The molecule has 1 aromatic carbocycles. The Morgan fingerprint density at radius 3 is 2.24 bits per heavy atom. The van der Waals surface area contributed by atoms with Crippen LogP contribution in [0.2, 0.25) is 0 Å². The first kappa shape index (κ1) is 32.9. The number of ketones is 1. The molecule has 0 spiro atoms. The molecule has 9 atom stereocenters. The summed E-state index contributed by atoms with van der Waals surface area (Å²) in [5.41, 5.74) is 4.67. The fraction of sp³-hybridized carbons (Fsp3) is 0.676. The van der Waals surface area contributed by atoms with Gasteiger partial charge in [-0.1, -0.05) is 34.6 Å². The van der Waals surface area contributed by atoms with Crippen LogP contribution in [0, 0.1) is 50.6 Å². The van der Waals surface area contributed by atoms with Gasteiger partial charge in [0, 0.05) is 16.9 Å². The molecule has 0 aromatic heterocycles. The normalized spacial score (nSPS) is 42.8. The lowest BCUT2D eigenvalue weighted by molar-refractivity contribution is -0.192. The maximum atomic E-state index is 14.5. The lowest BCUT2D eigenvalue weighted by Crippen LogP contribution is -2.72. The van der Waals surface area contributed by atoms with Gasteiger partial charge in [0.05, 0.1) is 16.5 Å². The highest BCUT2D eigenvalue weighted by atomic mass is 19.1. The summed E-state index contributed by atoms with van der Waals surface area (Å²) in [6, 6.07) is 2.98. The summed E-state index contributed by atoms with van der Waals surface area (Å²) in [6.45, 7) is 12.5. The molecule has 5 aliphatic rings. The Morgan fingerprint density at radius 1 is 0.913 bits per heavy atom. The number of carboxylic acid groups (broad SMARTS) is 2.